The Morgan fingerprint density at radius 1 is 1.25 bits per heavy atom. The smallest absolute Gasteiger partial charge is 0.0589 e. The fraction of sp³-hybridized carbons (Fsp3) is 1.00. The van der Waals surface area contributed by atoms with Crippen LogP contribution in [0.1, 0.15) is 39.0 Å². The van der Waals surface area contributed by atoms with Crippen molar-refractivity contribution in [2.45, 2.75) is 57.2 Å². The lowest BCUT2D eigenvalue weighted by atomic mass is 9.97. The van der Waals surface area contributed by atoms with Crippen LogP contribution in [0.25, 0.3) is 0 Å². The summed E-state index contributed by atoms with van der Waals surface area (Å²) in [6.07, 6.45) is 6.75. The standard InChI is InChI=1S/C13H26N2O/c1-3-6-14-11-9-12-4-5-13(10-11)15(12)7-8-16-2/h11-14H,3-10H2,1-2H3. The zero-order valence-corrected chi connectivity index (χ0v) is 10.7. The first-order valence-corrected chi connectivity index (χ1v) is 6.83. The molecule has 3 nitrogen and oxygen atoms in total. The Morgan fingerprint density at radius 3 is 2.50 bits per heavy atom. The molecule has 0 aliphatic carbocycles. The zero-order chi connectivity index (χ0) is 11.4. The van der Waals surface area contributed by atoms with E-state index in [1.54, 1.807) is 7.11 Å². The summed E-state index contributed by atoms with van der Waals surface area (Å²) >= 11 is 0. The van der Waals surface area contributed by atoms with E-state index in [1.165, 1.54) is 38.6 Å². The van der Waals surface area contributed by atoms with E-state index >= 15 is 0 Å². The van der Waals surface area contributed by atoms with E-state index in [1.807, 2.05) is 0 Å². The highest BCUT2D eigenvalue weighted by Gasteiger charge is 2.39. The molecule has 2 rings (SSSR count). The molecule has 2 saturated heterocycles. The summed E-state index contributed by atoms with van der Waals surface area (Å²) in [5, 5.41) is 3.69. The second-order valence-electron chi connectivity index (χ2n) is 5.24. The van der Waals surface area contributed by atoms with Gasteiger partial charge in [-0.25, -0.2) is 0 Å². The minimum absolute atomic E-state index is 0.774. The lowest BCUT2D eigenvalue weighted by Crippen LogP contribution is -2.50. The second kappa shape index (κ2) is 5.99. The van der Waals surface area contributed by atoms with Crippen molar-refractivity contribution < 1.29 is 4.74 Å². The minimum atomic E-state index is 0.774. The van der Waals surface area contributed by atoms with Crippen LogP contribution in [0, 0.1) is 0 Å². The summed E-state index contributed by atoms with van der Waals surface area (Å²) in [4.78, 5) is 2.69. The van der Waals surface area contributed by atoms with Gasteiger partial charge in [0.2, 0.25) is 0 Å². The van der Waals surface area contributed by atoms with Crippen LogP contribution in [0.2, 0.25) is 0 Å². The second-order valence-corrected chi connectivity index (χ2v) is 5.24. The van der Waals surface area contributed by atoms with Crippen molar-refractivity contribution in [3.8, 4) is 0 Å². The van der Waals surface area contributed by atoms with E-state index in [9.17, 15) is 0 Å². The molecule has 0 saturated carbocycles. The van der Waals surface area contributed by atoms with Crippen molar-refractivity contribution in [3.63, 3.8) is 0 Å². The lowest BCUT2D eigenvalue weighted by molar-refractivity contribution is 0.0778. The fourth-order valence-electron chi connectivity index (χ4n) is 3.35. The summed E-state index contributed by atoms with van der Waals surface area (Å²) in [6, 6.07) is 2.42. The van der Waals surface area contributed by atoms with Gasteiger partial charge in [-0.15, -0.1) is 0 Å². The molecule has 16 heavy (non-hydrogen) atoms. The molecule has 2 heterocycles. The maximum absolute atomic E-state index is 5.20. The third-order valence-electron chi connectivity index (χ3n) is 4.12. The molecule has 1 N–H and O–H groups in total. The number of nitrogens with zero attached hydrogens (tertiary/aromatic N) is 1. The van der Waals surface area contributed by atoms with Crippen LogP contribution < -0.4 is 5.32 Å². The van der Waals surface area contributed by atoms with E-state index in [2.05, 4.69) is 17.1 Å². The molecule has 3 heteroatoms. The number of nitrogens with one attached hydrogen (secondary N) is 1. The largest absolute Gasteiger partial charge is 0.383 e. The molecule has 94 valence electrons. The quantitative estimate of drug-likeness (QED) is 0.745. The first-order valence-electron chi connectivity index (χ1n) is 6.83. The average Bonchev–Trinajstić information content (AvgIpc) is 2.54. The van der Waals surface area contributed by atoms with Crippen LogP contribution in [0.3, 0.4) is 0 Å². The summed E-state index contributed by atoms with van der Waals surface area (Å²) in [6.45, 7) is 5.45. The number of methoxy groups -OCH3 is 1. The number of hydrogen-bond donors (Lipinski definition) is 1. The van der Waals surface area contributed by atoms with Gasteiger partial charge in [0.05, 0.1) is 6.61 Å². The molecular formula is C13H26N2O. The average molecular weight is 226 g/mol. The summed E-state index contributed by atoms with van der Waals surface area (Å²) in [7, 11) is 1.80. The van der Waals surface area contributed by atoms with Gasteiger partial charge in [0.15, 0.2) is 0 Å². The van der Waals surface area contributed by atoms with Gasteiger partial charge in [-0.2, -0.15) is 0 Å². The Morgan fingerprint density at radius 2 is 1.94 bits per heavy atom. The van der Waals surface area contributed by atoms with Crippen LogP contribution in [0.15, 0.2) is 0 Å². The molecule has 2 fully saturated rings. The molecule has 2 unspecified atom stereocenters. The molecule has 0 aromatic heterocycles. The van der Waals surface area contributed by atoms with E-state index in [-0.39, 0.29) is 0 Å². The number of ether oxygens (including phenoxy) is 1. The van der Waals surface area contributed by atoms with Gasteiger partial charge < -0.3 is 10.1 Å². The van der Waals surface area contributed by atoms with E-state index in [0.29, 0.717) is 0 Å². The zero-order valence-electron chi connectivity index (χ0n) is 10.7. The molecular weight excluding hydrogens is 200 g/mol. The number of hydrogen-bond acceptors (Lipinski definition) is 3. The molecule has 0 aromatic carbocycles. The van der Waals surface area contributed by atoms with Gasteiger partial charge in [-0.3, -0.25) is 4.90 Å². The van der Waals surface area contributed by atoms with Crippen molar-refractivity contribution >= 4 is 0 Å². The maximum atomic E-state index is 5.20. The number of piperidine rings is 1. The molecule has 0 radical (unpaired) electrons. The van der Waals surface area contributed by atoms with E-state index in [4.69, 9.17) is 4.74 Å². The van der Waals surface area contributed by atoms with Crippen LogP contribution in [-0.4, -0.2) is 49.8 Å². The lowest BCUT2D eigenvalue weighted by Gasteiger charge is -2.39. The molecule has 2 aliphatic heterocycles. The highest BCUT2D eigenvalue weighted by atomic mass is 16.5. The predicted molar refractivity (Wildman–Crippen MR) is 66.7 cm³/mol. The normalized spacial score (nSPS) is 34.5. The third kappa shape index (κ3) is 2.76. The highest BCUT2D eigenvalue weighted by Crippen LogP contribution is 2.35. The Balaban J connectivity index is 1.81. The van der Waals surface area contributed by atoms with Gasteiger partial charge in [0.25, 0.3) is 0 Å². The molecule has 2 aliphatic rings. The van der Waals surface area contributed by atoms with Crippen LogP contribution in [-0.2, 0) is 4.74 Å². The molecule has 2 atom stereocenters. The molecule has 0 spiro atoms. The van der Waals surface area contributed by atoms with Gasteiger partial charge in [0.1, 0.15) is 0 Å². The monoisotopic (exact) mass is 226 g/mol. The molecule has 2 bridgehead atoms. The number of rotatable bonds is 6. The van der Waals surface area contributed by atoms with E-state index in [0.717, 1.165) is 31.3 Å². The van der Waals surface area contributed by atoms with Crippen molar-refractivity contribution in [2.75, 3.05) is 26.8 Å². The minimum Gasteiger partial charge on any atom is -0.383 e. The van der Waals surface area contributed by atoms with Crippen LogP contribution in [0.4, 0.5) is 0 Å². The van der Waals surface area contributed by atoms with Crippen LogP contribution in [0.5, 0.6) is 0 Å². The van der Waals surface area contributed by atoms with Crippen molar-refractivity contribution in [2.24, 2.45) is 0 Å². The van der Waals surface area contributed by atoms with Crippen molar-refractivity contribution in [1.29, 1.82) is 0 Å². The Hall–Kier alpha value is -0.120. The van der Waals surface area contributed by atoms with Gasteiger partial charge in [0, 0.05) is 31.8 Å². The summed E-state index contributed by atoms with van der Waals surface area (Å²) in [5.41, 5.74) is 0. The van der Waals surface area contributed by atoms with Crippen molar-refractivity contribution in [1.82, 2.24) is 10.2 Å². The Labute approximate surface area is 99.5 Å². The van der Waals surface area contributed by atoms with Crippen molar-refractivity contribution in [3.05, 3.63) is 0 Å². The first kappa shape index (κ1) is 12.3. The fourth-order valence-corrected chi connectivity index (χ4v) is 3.35. The van der Waals surface area contributed by atoms with E-state index < -0.39 is 0 Å². The third-order valence-corrected chi connectivity index (χ3v) is 4.12. The maximum Gasteiger partial charge on any atom is 0.0589 e. The first-order chi connectivity index (χ1) is 7.85. The summed E-state index contributed by atoms with van der Waals surface area (Å²) < 4.78 is 5.20. The molecule has 0 aromatic rings. The Kier molecular flexibility index (Phi) is 4.62. The van der Waals surface area contributed by atoms with Crippen LogP contribution >= 0.6 is 0 Å². The Bertz CT molecular complexity index is 196. The topological polar surface area (TPSA) is 24.5 Å². The van der Waals surface area contributed by atoms with Gasteiger partial charge in [-0.05, 0) is 38.6 Å². The molecule has 0 amide bonds. The highest BCUT2D eigenvalue weighted by molar-refractivity contribution is 4.97. The SMILES string of the molecule is CCCNC1CC2CCC(C1)N2CCOC. The predicted octanol–water partition coefficient (Wildman–Crippen LogP) is 1.63. The van der Waals surface area contributed by atoms with Gasteiger partial charge in [-0.1, -0.05) is 6.92 Å². The number of fused-ring (bicyclic) bond motifs is 2. The van der Waals surface area contributed by atoms with Gasteiger partial charge >= 0.3 is 0 Å². The summed E-state index contributed by atoms with van der Waals surface area (Å²) in [5.74, 6) is 0.